The van der Waals surface area contributed by atoms with Crippen LogP contribution < -0.4 is 5.32 Å². The van der Waals surface area contributed by atoms with Crippen molar-refractivity contribution in [3.05, 3.63) is 0 Å². The smallest absolute Gasteiger partial charge is 0.241 e. The fourth-order valence-corrected chi connectivity index (χ4v) is 2.26. The highest BCUT2D eigenvalue weighted by molar-refractivity contribution is 5.84. The molecule has 1 saturated heterocycles. The predicted molar refractivity (Wildman–Crippen MR) is 57.9 cm³/mol. The van der Waals surface area contributed by atoms with E-state index in [1.807, 2.05) is 4.90 Å². The van der Waals surface area contributed by atoms with Gasteiger partial charge in [-0.05, 0) is 26.7 Å². The monoisotopic (exact) mass is 198 g/mol. The first-order chi connectivity index (χ1) is 6.61. The standard InChI is InChI=1S/C11H22N2O/c1-5-7-8(3)13-9(4)12-10(6-2)11(13)14/h8-10,12H,5-7H2,1-4H3. The molecule has 1 fully saturated rings. The van der Waals surface area contributed by atoms with Crippen molar-refractivity contribution in [2.45, 2.75) is 65.2 Å². The SMILES string of the molecule is CCCC(C)N1C(=O)C(CC)NC1C. The number of carbonyl (C=O) groups excluding carboxylic acids is 1. The zero-order valence-electron chi connectivity index (χ0n) is 9.71. The first-order valence-electron chi connectivity index (χ1n) is 5.70. The third kappa shape index (κ3) is 2.08. The van der Waals surface area contributed by atoms with Gasteiger partial charge in [0.2, 0.25) is 5.91 Å². The maximum Gasteiger partial charge on any atom is 0.241 e. The van der Waals surface area contributed by atoms with Crippen molar-refractivity contribution < 1.29 is 4.79 Å². The third-order valence-electron chi connectivity index (χ3n) is 3.00. The highest BCUT2D eigenvalue weighted by Gasteiger charge is 2.37. The van der Waals surface area contributed by atoms with Gasteiger partial charge in [-0.2, -0.15) is 0 Å². The summed E-state index contributed by atoms with van der Waals surface area (Å²) in [6.07, 6.45) is 3.32. The number of rotatable bonds is 4. The fraction of sp³-hybridized carbons (Fsp3) is 0.909. The molecule has 0 aliphatic carbocycles. The molecule has 82 valence electrons. The minimum absolute atomic E-state index is 0.0457. The summed E-state index contributed by atoms with van der Waals surface area (Å²) in [6, 6.07) is 0.413. The second kappa shape index (κ2) is 4.78. The first kappa shape index (κ1) is 11.5. The van der Waals surface area contributed by atoms with E-state index in [-0.39, 0.29) is 18.1 Å². The highest BCUT2D eigenvalue weighted by Crippen LogP contribution is 2.18. The zero-order chi connectivity index (χ0) is 10.7. The summed E-state index contributed by atoms with van der Waals surface area (Å²) in [7, 11) is 0. The van der Waals surface area contributed by atoms with Crippen molar-refractivity contribution in [2.24, 2.45) is 0 Å². The molecule has 0 spiro atoms. The van der Waals surface area contributed by atoms with Crippen molar-refractivity contribution in [3.63, 3.8) is 0 Å². The number of nitrogens with one attached hydrogen (secondary N) is 1. The molecule has 0 aromatic heterocycles. The van der Waals surface area contributed by atoms with Crippen LogP contribution in [0.15, 0.2) is 0 Å². The lowest BCUT2D eigenvalue weighted by Crippen LogP contribution is -2.41. The van der Waals surface area contributed by atoms with Crippen molar-refractivity contribution in [1.82, 2.24) is 10.2 Å². The molecule has 0 radical (unpaired) electrons. The molecule has 14 heavy (non-hydrogen) atoms. The van der Waals surface area contributed by atoms with Crippen LogP contribution in [-0.4, -0.2) is 29.1 Å². The van der Waals surface area contributed by atoms with Gasteiger partial charge in [0.15, 0.2) is 0 Å². The molecule has 0 aromatic rings. The Morgan fingerprint density at radius 2 is 2.14 bits per heavy atom. The first-order valence-corrected chi connectivity index (χ1v) is 5.70. The summed E-state index contributed by atoms with van der Waals surface area (Å²) >= 11 is 0. The van der Waals surface area contributed by atoms with E-state index in [2.05, 4.69) is 33.0 Å². The van der Waals surface area contributed by atoms with Gasteiger partial charge in [0, 0.05) is 6.04 Å². The lowest BCUT2D eigenvalue weighted by atomic mass is 10.1. The van der Waals surface area contributed by atoms with Gasteiger partial charge in [-0.15, -0.1) is 0 Å². The normalized spacial score (nSPS) is 29.7. The number of amides is 1. The Morgan fingerprint density at radius 1 is 1.50 bits per heavy atom. The van der Waals surface area contributed by atoms with E-state index in [0.29, 0.717) is 6.04 Å². The van der Waals surface area contributed by atoms with Crippen molar-refractivity contribution in [2.75, 3.05) is 0 Å². The van der Waals surface area contributed by atoms with Crippen LogP contribution >= 0.6 is 0 Å². The van der Waals surface area contributed by atoms with Gasteiger partial charge in [0.05, 0.1) is 12.2 Å². The van der Waals surface area contributed by atoms with Gasteiger partial charge in [-0.3, -0.25) is 10.1 Å². The summed E-state index contributed by atoms with van der Waals surface area (Å²) in [5.41, 5.74) is 0. The Hall–Kier alpha value is -0.570. The third-order valence-corrected chi connectivity index (χ3v) is 3.00. The molecule has 0 saturated carbocycles. The van der Waals surface area contributed by atoms with Crippen molar-refractivity contribution >= 4 is 5.91 Å². The lowest BCUT2D eigenvalue weighted by molar-refractivity contribution is -0.131. The van der Waals surface area contributed by atoms with Crippen LogP contribution in [0.4, 0.5) is 0 Å². The maximum atomic E-state index is 11.9. The summed E-state index contributed by atoms with van der Waals surface area (Å²) in [4.78, 5) is 13.9. The Bertz CT molecular complexity index is 205. The quantitative estimate of drug-likeness (QED) is 0.746. The molecule has 1 amide bonds. The predicted octanol–water partition coefficient (Wildman–Crippen LogP) is 1.73. The molecule has 1 aliphatic rings. The van der Waals surface area contributed by atoms with Crippen LogP contribution in [0.5, 0.6) is 0 Å². The van der Waals surface area contributed by atoms with Gasteiger partial charge < -0.3 is 4.90 Å². The van der Waals surface area contributed by atoms with Crippen LogP contribution in [-0.2, 0) is 4.79 Å². The van der Waals surface area contributed by atoms with Gasteiger partial charge in [-0.25, -0.2) is 0 Å². The van der Waals surface area contributed by atoms with Gasteiger partial charge >= 0.3 is 0 Å². The molecule has 3 heteroatoms. The van der Waals surface area contributed by atoms with Crippen LogP contribution in [0.3, 0.4) is 0 Å². The van der Waals surface area contributed by atoms with Gasteiger partial charge in [0.1, 0.15) is 0 Å². The number of carbonyl (C=O) groups is 1. The molecular weight excluding hydrogens is 176 g/mol. The van der Waals surface area contributed by atoms with E-state index in [1.165, 1.54) is 0 Å². The van der Waals surface area contributed by atoms with Gasteiger partial charge in [0.25, 0.3) is 0 Å². The molecule has 1 N–H and O–H groups in total. The van der Waals surface area contributed by atoms with E-state index in [0.717, 1.165) is 19.3 Å². The molecule has 1 heterocycles. The number of hydrogen-bond acceptors (Lipinski definition) is 2. The number of hydrogen-bond donors (Lipinski definition) is 1. The summed E-state index contributed by atoms with van der Waals surface area (Å²) in [6.45, 7) is 8.42. The Balaban J connectivity index is 2.64. The van der Waals surface area contributed by atoms with Crippen LogP contribution in [0.25, 0.3) is 0 Å². The second-order valence-electron chi connectivity index (χ2n) is 4.19. The largest absolute Gasteiger partial charge is 0.323 e. The minimum atomic E-state index is 0.0457. The Kier molecular flexibility index (Phi) is 3.93. The molecule has 3 atom stereocenters. The van der Waals surface area contributed by atoms with Crippen LogP contribution in [0, 0.1) is 0 Å². The van der Waals surface area contributed by atoms with E-state index in [1.54, 1.807) is 0 Å². The molecule has 0 aromatic carbocycles. The fourth-order valence-electron chi connectivity index (χ4n) is 2.26. The molecule has 3 unspecified atom stereocenters. The average Bonchev–Trinajstić information content (AvgIpc) is 2.41. The summed E-state index contributed by atoms with van der Waals surface area (Å²) < 4.78 is 0. The summed E-state index contributed by atoms with van der Waals surface area (Å²) in [5, 5.41) is 3.32. The van der Waals surface area contributed by atoms with Crippen molar-refractivity contribution in [1.29, 1.82) is 0 Å². The van der Waals surface area contributed by atoms with Crippen LogP contribution in [0.2, 0.25) is 0 Å². The second-order valence-corrected chi connectivity index (χ2v) is 4.19. The molecular formula is C11H22N2O. The van der Waals surface area contributed by atoms with E-state index < -0.39 is 0 Å². The van der Waals surface area contributed by atoms with Crippen molar-refractivity contribution in [3.8, 4) is 0 Å². The number of nitrogens with zero attached hydrogens (tertiary/aromatic N) is 1. The minimum Gasteiger partial charge on any atom is -0.323 e. The maximum absolute atomic E-state index is 11.9. The zero-order valence-corrected chi connectivity index (χ0v) is 9.71. The van der Waals surface area contributed by atoms with E-state index in [9.17, 15) is 4.79 Å². The average molecular weight is 198 g/mol. The molecule has 0 bridgehead atoms. The van der Waals surface area contributed by atoms with E-state index >= 15 is 0 Å². The summed E-state index contributed by atoms with van der Waals surface area (Å²) in [5.74, 6) is 0.279. The molecule has 3 nitrogen and oxygen atoms in total. The van der Waals surface area contributed by atoms with E-state index in [4.69, 9.17) is 0 Å². The topological polar surface area (TPSA) is 32.3 Å². The molecule has 1 aliphatic heterocycles. The highest BCUT2D eigenvalue weighted by atomic mass is 16.2. The van der Waals surface area contributed by atoms with Crippen LogP contribution in [0.1, 0.15) is 47.0 Å². The van der Waals surface area contributed by atoms with Gasteiger partial charge in [-0.1, -0.05) is 20.3 Å². The Labute approximate surface area is 86.9 Å². The Morgan fingerprint density at radius 3 is 2.57 bits per heavy atom. The molecule has 1 rings (SSSR count). The lowest BCUT2D eigenvalue weighted by Gasteiger charge is -2.28.